The summed E-state index contributed by atoms with van der Waals surface area (Å²) < 4.78 is 10.2. The van der Waals surface area contributed by atoms with Crippen LogP contribution in [0.1, 0.15) is 13.3 Å². The Morgan fingerprint density at radius 3 is 2.37 bits per heavy atom. The molecule has 0 spiro atoms. The standard InChI is InChI=1S/C14H15NO4/c1-10(16)18-12-7-8-13(9-12)19-14(17)15-11-5-3-2-4-6-11/h2-8,12-13H,9H2,1H3,(H,15,17)/t12-,13+/m0/s1. The van der Waals surface area contributed by atoms with Crippen LogP contribution in [0.15, 0.2) is 42.5 Å². The van der Waals surface area contributed by atoms with Gasteiger partial charge in [0.25, 0.3) is 0 Å². The summed E-state index contributed by atoms with van der Waals surface area (Å²) in [5.41, 5.74) is 0.672. The highest BCUT2D eigenvalue weighted by Crippen LogP contribution is 2.18. The van der Waals surface area contributed by atoms with Gasteiger partial charge in [0, 0.05) is 19.0 Å². The van der Waals surface area contributed by atoms with Gasteiger partial charge >= 0.3 is 12.1 Å². The number of anilines is 1. The minimum Gasteiger partial charge on any atom is -0.458 e. The van der Waals surface area contributed by atoms with Crippen LogP contribution in [0.25, 0.3) is 0 Å². The molecule has 0 aromatic heterocycles. The number of para-hydroxylation sites is 1. The zero-order valence-corrected chi connectivity index (χ0v) is 10.5. The highest BCUT2D eigenvalue weighted by atomic mass is 16.6. The predicted octanol–water partition coefficient (Wildman–Crippen LogP) is 2.50. The normalized spacial score (nSPS) is 20.9. The van der Waals surface area contributed by atoms with Gasteiger partial charge in [0.1, 0.15) is 12.2 Å². The van der Waals surface area contributed by atoms with Crippen molar-refractivity contribution in [2.45, 2.75) is 25.6 Å². The Hall–Kier alpha value is -2.30. The molecule has 0 unspecified atom stereocenters. The van der Waals surface area contributed by atoms with Crippen LogP contribution in [0.5, 0.6) is 0 Å². The molecule has 1 aromatic rings. The molecule has 1 aliphatic carbocycles. The molecule has 1 N–H and O–H groups in total. The number of nitrogens with one attached hydrogen (secondary N) is 1. The van der Waals surface area contributed by atoms with E-state index in [0.29, 0.717) is 12.1 Å². The van der Waals surface area contributed by atoms with Crippen molar-refractivity contribution in [3.8, 4) is 0 Å². The second kappa shape index (κ2) is 6.04. The Bertz CT molecular complexity index is 483. The molecular weight excluding hydrogens is 246 g/mol. The first-order valence-corrected chi connectivity index (χ1v) is 6.02. The van der Waals surface area contributed by atoms with Crippen LogP contribution in [0.3, 0.4) is 0 Å². The number of hydrogen-bond donors (Lipinski definition) is 1. The first kappa shape index (κ1) is 13.1. The molecule has 2 rings (SSSR count). The van der Waals surface area contributed by atoms with Crippen molar-refractivity contribution in [2.24, 2.45) is 0 Å². The highest BCUT2D eigenvalue weighted by Gasteiger charge is 2.24. The molecular formula is C14H15NO4. The molecule has 0 aliphatic heterocycles. The van der Waals surface area contributed by atoms with Crippen LogP contribution in [-0.2, 0) is 14.3 Å². The zero-order valence-electron chi connectivity index (χ0n) is 10.5. The molecule has 5 nitrogen and oxygen atoms in total. The number of benzene rings is 1. The summed E-state index contributed by atoms with van der Waals surface area (Å²) in [5.74, 6) is -0.343. The molecule has 1 aromatic carbocycles. The van der Waals surface area contributed by atoms with E-state index >= 15 is 0 Å². The summed E-state index contributed by atoms with van der Waals surface area (Å²) in [6.45, 7) is 1.35. The third kappa shape index (κ3) is 4.13. The zero-order chi connectivity index (χ0) is 13.7. The molecule has 1 amide bonds. The van der Waals surface area contributed by atoms with Gasteiger partial charge in [0.15, 0.2) is 0 Å². The van der Waals surface area contributed by atoms with Crippen molar-refractivity contribution < 1.29 is 19.1 Å². The van der Waals surface area contributed by atoms with Gasteiger partial charge in [-0.3, -0.25) is 10.1 Å². The fourth-order valence-electron chi connectivity index (χ4n) is 1.83. The first-order chi connectivity index (χ1) is 9.13. The van der Waals surface area contributed by atoms with Crippen molar-refractivity contribution in [3.63, 3.8) is 0 Å². The summed E-state index contributed by atoms with van der Waals surface area (Å²) in [6.07, 6.45) is 2.70. The van der Waals surface area contributed by atoms with Gasteiger partial charge in [-0.1, -0.05) is 18.2 Å². The number of carbonyl (C=O) groups excluding carboxylic acids is 2. The number of amides is 1. The van der Waals surface area contributed by atoms with Crippen molar-refractivity contribution in [3.05, 3.63) is 42.5 Å². The quantitative estimate of drug-likeness (QED) is 0.670. The van der Waals surface area contributed by atoms with E-state index in [9.17, 15) is 9.59 Å². The summed E-state index contributed by atoms with van der Waals surface area (Å²) in [7, 11) is 0. The summed E-state index contributed by atoms with van der Waals surface area (Å²) in [5, 5.41) is 2.62. The minimum absolute atomic E-state index is 0.313. The lowest BCUT2D eigenvalue weighted by atomic mass is 10.3. The molecule has 0 saturated carbocycles. The largest absolute Gasteiger partial charge is 0.458 e. The second-order valence-corrected chi connectivity index (χ2v) is 4.20. The van der Waals surface area contributed by atoms with Crippen LogP contribution < -0.4 is 5.32 Å². The molecule has 0 fully saturated rings. The monoisotopic (exact) mass is 261 g/mol. The third-order valence-electron chi connectivity index (χ3n) is 2.60. The number of ether oxygens (including phenoxy) is 2. The summed E-state index contributed by atoms with van der Waals surface area (Å²) in [4.78, 5) is 22.4. The lowest BCUT2D eigenvalue weighted by Crippen LogP contribution is -2.22. The van der Waals surface area contributed by atoms with Crippen LogP contribution in [0.2, 0.25) is 0 Å². The molecule has 1 aliphatic rings. The molecule has 0 saturated heterocycles. The van der Waals surface area contributed by atoms with Gasteiger partial charge in [0.2, 0.25) is 0 Å². The number of carbonyl (C=O) groups is 2. The minimum atomic E-state index is -0.524. The number of rotatable bonds is 3. The molecule has 0 radical (unpaired) electrons. The van der Waals surface area contributed by atoms with Crippen LogP contribution in [0.4, 0.5) is 10.5 Å². The fourth-order valence-corrected chi connectivity index (χ4v) is 1.83. The van der Waals surface area contributed by atoms with Crippen LogP contribution in [-0.4, -0.2) is 24.3 Å². The van der Waals surface area contributed by atoms with E-state index in [0.717, 1.165) is 0 Å². The third-order valence-corrected chi connectivity index (χ3v) is 2.60. The van der Waals surface area contributed by atoms with E-state index in [1.807, 2.05) is 18.2 Å². The molecule has 0 heterocycles. The van der Waals surface area contributed by atoms with Gasteiger partial charge in [-0.25, -0.2) is 4.79 Å². The lowest BCUT2D eigenvalue weighted by molar-refractivity contribution is -0.144. The number of esters is 1. The van der Waals surface area contributed by atoms with E-state index in [1.165, 1.54) is 6.92 Å². The topological polar surface area (TPSA) is 64.6 Å². The molecule has 100 valence electrons. The van der Waals surface area contributed by atoms with E-state index < -0.39 is 6.09 Å². The maximum Gasteiger partial charge on any atom is 0.412 e. The van der Waals surface area contributed by atoms with Gasteiger partial charge in [-0.2, -0.15) is 0 Å². The Morgan fingerprint density at radius 1 is 1.11 bits per heavy atom. The number of hydrogen-bond acceptors (Lipinski definition) is 4. The van der Waals surface area contributed by atoms with Crippen LogP contribution in [0, 0.1) is 0 Å². The Balaban J connectivity index is 1.78. The van der Waals surface area contributed by atoms with Gasteiger partial charge < -0.3 is 9.47 Å². The summed E-state index contributed by atoms with van der Waals surface area (Å²) in [6, 6.07) is 9.05. The van der Waals surface area contributed by atoms with Crippen molar-refractivity contribution in [1.82, 2.24) is 0 Å². The summed E-state index contributed by atoms with van der Waals surface area (Å²) >= 11 is 0. The Labute approximate surface area is 111 Å². The van der Waals surface area contributed by atoms with Gasteiger partial charge in [0.05, 0.1) is 0 Å². The molecule has 2 atom stereocenters. The van der Waals surface area contributed by atoms with Crippen molar-refractivity contribution in [1.29, 1.82) is 0 Å². The molecule has 19 heavy (non-hydrogen) atoms. The smallest absolute Gasteiger partial charge is 0.412 e. The maximum atomic E-state index is 11.6. The van der Waals surface area contributed by atoms with E-state index in [-0.39, 0.29) is 18.2 Å². The molecule has 5 heteroatoms. The average Bonchev–Trinajstić information content (AvgIpc) is 2.76. The highest BCUT2D eigenvalue weighted by molar-refractivity contribution is 5.84. The average molecular weight is 261 g/mol. The Morgan fingerprint density at radius 2 is 1.74 bits per heavy atom. The van der Waals surface area contributed by atoms with E-state index in [4.69, 9.17) is 9.47 Å². The molecule has 0 bridgehead atoms. The Kier molecular flexibility index (Phi) is 4.18. The SMILES string of the molecule is CC(=O)O[C@H]1C=C[C@@H](OC(=O)Nc2ccccc2)C1. The van der Waals surface area contributed by atoms with Crippen LogP contribution >= 0.6 is 0 Å². The maximum absolute atomic E-state index is 11.6. The first-order valence-electron chi connectivity index (χ1n) is 6.02. The fraction of sp³-hybridized carbons (Fsp3) is 0.286. The van der Waals surface area contributed by atoms with Gasteiger partial charge in [-0.05, 0) is 24.3 Å². The van der Waals surface area contributed by atoms with E-state index in [2.05, 4.69) is 5.32 Å². The van der Waals surface area contributed by atoms with E-state index in [1.54, 1.807) is 24.3 Å². The van der Waals surface area contributed by atoms with Crippen molar-refractivity contribution in [2.75, 3.05) is 5.32 Å². The lowest BCUT2D eigenvalue weighted by Gasteiger charge is -2.13. The van der Waals surface area contributed by atoms with Gasteiger partial charge in [-0.15, -0.1) is 0 Å². The predicted molar refractivity (Wildman–Crippen MR) is 69.6 cm³/mol. The second-order valence-electron chi connectivity index (χ2n) is 4.20. The van der Waals surface area contributed by atoms with Crippen molar-refractivity contribution >= 4 is 17.7 Å².